The first-order chi connectivity index (χ1) is 13.7. The number of nitrogens with zero attached hydrogens (tertiary/aromatic N) is 3. The Morgan fingerprint density at radius 3 is 2.71 bits per heavy atom. The molecule has 0 atom stereocenters. The standard InChI is InChI=1S/C22H17N5O/c23-21-19-20(17-8-1-2-9-18(17)25-21)27(22(28)26-19)13-14-5-3-6-15(11-14)16-7-4-10-24-12-16/h1-12H,13H2,(H2,23,25)(H,26,28). The second-order valence-corrected chi connectivity index (χ2v) is 6.70. The number of anilines is 1. The monoisotopic (exact) mass is 367 g/mol. The van der Waals surface area contributed by atoms with Crippen LogP contribution in [0.3, 0.4) is 0 Å². The van der Waals surface area contributed by atoms with Crippen molar-refractivity contribution in [2.24, 2.45) is 0 Å². The highest BCUT2D eigenvalue weighted by Gasteiger charge is 2.15. The van der Waals surface area contributed by atoms with Gasteiger partial charge >= 0.3 is 5.69 Å². The first kappa shape index (κ1) is 16.3. The third kappa shape index (κ3) is 2.63. The highest BCUT2D eigenvalue weighted by atomic mass is 16.1. The number of hydrogen-bond acceptors (Lipinski definition) is 4. The minimum atomic E-state index is -0.202. The fraction of sp³-hybridized carbons (Fsp3) is 0.0455. The van der Waals surface area contributed by atoms with E-state index in [0.717, 1.165) is 33.1 Å². The normalized spacial score (nSPS) is 11.3. The average Bonchev–Trinajstić information content (AvgIpc) is 3.06. The van der Waals surface area contributed by atoms with Gasteiger partial charge in [-0.15, -0.1) is 0 Å². The number of pyridine rings is 2. The van der Waals surface area contributed by atoms with Crippen LogP contribution in [0.15, 0.2) is 77.9 Å². The van der Waals surface area contributed by atoms with Gasteiger partial charge in [0.25, 0.3) is 0 Å². The molecule has 6 nitrogen and oxygen atoms in total. The van der Waals surface area contributed by atoms with E-state index >= 15 is 0 Å². The number of aromatic amines is 1. The molecular formula is C22H17N5O. The Kier molecular flexibility index (Phi) is 3.69. The smallest absolute Gasteiger partial charge is 0.326 e. The number of H-pyrrole nitrogens is 1. The number of rotatable bonds is 3. The van der Waals surface area contributed by atoms with Crippen molar-refractivity contribution in [3.63, 3.8) is 0 Å². The van der Waals surface area contributed by atoms with Crippen LogP contribution in [0.25, 0.3) is 33.1 Å². The number of fused-ring (bicyclic) bond motifs is 3. The average molecular weight is 367 g/mol. The number of hydrogen-bond donors (Lipinski definition) is 2. The van der Waals surface area contributed by atoms with E-state index < -0.39 is 0 Å². The molecule has 3 aromatic heterocycles. The van der Waals surface area contributed by atoms with Crippen molar-refractivity contribution in [1.29, 1.82) is 0 Å². The maximum atomic E-state index is 12.7. The molecule has 3 N–H and O–H groups in total. The number of aromatic nitrogens is 4. The third-order valence-corrected chi connectivity index (χ3v) is 4.90. The molecule has 0 aliphatic carbocycles. The Labute approximate surface area is 160 Å². The molecule has 28 heavy (non-hydrogen) atoms. The second kappa shape index (κ2) is 6.35. The number of para-hydroxylation sites is 1. The van der Waals surface area contributed by atoms with E-state index in [9.17, 15) is 4.79 Å². The predicted molar refractivity (Wildman–Crippen MR) is 111 cm³/mol. The summed E-state index contributed by atoms with van der Waals surface area (Å²) < 4.78 is 1.72. The van der Waals surface area contributed by atoms with Gasteiger partial charge in [0.15, 0.2) is 0 Å². The highest BCUT2D eigenvalue weighted by Crippen LogP contribution is 2.26. The zero-order chi connectivity index (χ0) is 19.1. The Morgan fingerprint density at radius 2 is 1.86 bits per heavy atom. The molecular weight excluding hydrogens is 350 g/mol. The van der Waals surface area contributed by atoms with Crippen LogP contribution in [0.1, 0.15) is 5.56 Å². The van der Waals surface area contributed by atoms with Crippen LogP contribution in [0, 0.1) is 0 Å². The fourth-order valence-corrected chi connectivity index (χ4v) is 3.61. The second-order valence-electron chi connectivity index (χ2n) is 6.70. The molecule has 5 aromatic rings. The maximum absolute atomic E-state index is 12.7. The molecule has 0 bridgehead atoms. The molecule has 0 unspecified atom stereocenters. The van der Waals surface area contributed by atoms with Crippen LogP contribution in [0.2, 0.25) is 0 Å². The molecule has 0 radical (unpaired) electrons. The zero-order valence-electron chi connectivity index (χ0n) is 15.0. The molecule has 6 heteroatoms. The van der Waals surface area contributed by atoms with Gasteiger partial charge in [0.1, 0.15) is 11.3 Å². The van der Waals surface area contributed by atoms with Gasteiger partial charge in [-0.3, -0.25) is 9.55 Å². The van der Waals surface area contributed by atoms with Gasteiger partial charge in [0.2, 0.25) is 0 Å². The number of imidazole rings is 1. The van der Waals surface area contributed by atoms with Gasteiger partial charge < -0.3 is 10.7 Å². The summed E-state index contributed by atoms with van der Waals surface area (Å²) in [6.07, 6.45) is 3.58. The molecule has 2 aromatic carbocycles. The maximum Gasteiger partial charge on any atom is 0.326 e. The molecule has 0 amide bonds. The van der Waals surface area contributed by atoms with Crippen molar-refractivity contribution in [3.8, 4) is 11.1 Å². The molecule has 0 saturated carbocycles. The molecule has 0 spiro atoms. The van der Waals surface area contributed by atoms with Crippen molar-refractivity contribution in [2.45, 2.75) is 6.54 Å². The Bertz CT molecular complexity index is 1370. The van der Waals surface area contributed by atoms with E-state index in [2.05, 4.69) is 21.0 Å². The van der Waals surface area contributed by atoms with Gasteiger partial charge in [-0.05, 0) is 34.9 Å². The zero-order valence-corrected chi connectivity index (χ0v) is 15.0. The summed E-state index contributed by atoms with van der Waals surface area (Å²) in [5.74, 6) is 0.327. The van der Waals surface area contributed by atoms with Gasteiger partial charge in [0.05, 0.1) is 17.6 Å². The van der Waals surface area contributed by atoms with Crippen LogP contribution in [0.4, 0.5) is 5.82 Å². The minimum absolute atomic E-state index is 0.202. The topological polar surface area (TPSA) is 89.6 Å². The number of benzene rings is 2. The lowest BCUT2D eigenvalue weighted by atomic mass is 10.0. The SMILES string of the molecule is Nc1nc2ccccc2c2c1[nH]c(=O)n2Cc1cccc(-c2cccnc2)c1. The number of nitrogens with one attached hydrogen (secondary N) is 1. The van der Waals surface area contributed by atoms with Crippen molar-refractivity contribution in [1.82, 2.24) is 19.5 Å². The minimum Gasteiger partial charge on any atom is -0.382 e. The molecule has 5 rings (SSSR count). The first-order valence-corrected chi connectivity index (χ1v) is 8.97. The van der Waals surface area contributed by atoms with Crippen molar-refractivity contribution < 1.29 is 0 Å². The summed E-state index contributed by atoms with van der Waals surface area (Å²) in [6.45, 7) is 0.431. The highest BCUT2D eigenvalue weighted by molar-refractivity contribution is 6.06. The third-order valence-electron chi connectivity index (χ3n) is 4.90. The number of nitrogens with two attached hydrogens (primary N) is 1. The van der Waals surface area contributed by atoms with Gasteiger partial charge in [-0.2, -0.15) is 0 Å². The van der Waals surface area contributed by atoms with Gasteiger partial charge in [-0.25, -0.2) is 9.78 Å². The molecule has 0 fully saturated rings. The van der Waals surface area contributed by atoms with E-state index in [1.165, 1.54) is 0 Å². The van der Waals surface area contributed by atoms with Crippen molar-refractivity contribution in [3.05, 3.63) is 89.1 Å². The quantitative estimate of drug-likeness (QED) is 0.510. The summed E-state index contributed by atoms with van der Waals surface area (Å²) in [6, 6.07) is 19.7. The summed E-state index contributed by atoms with van der Waals surface area (Å²) in [4.78, 5) is 24.2. The Hall–Kier alpha value is -3.93. The van der Waals surface area contributed by atoms with Crippen molar-refractivity contribution in [2.75, 3.05) is 5.73 Å². The van der Waals surface area contributed by atoms with E-state index in [1.807, 2.05) is 60.8 Å². The lowest BCUT2D eigenvalue weighted by Crippen LogP contribution is -2.17. The molecule has 0 aliphatic heterocycles. The van der Waals surface area contributed by atoms with Crippen LogP contribution < -0.4 is 11.4 Å². The number of nitrogen functional groups attached to an aromatic ring is 1. The van der Waals surface area contributed by atoms with Crippen LogP contribution in [0.5, 0.6) is 0 Å². The molecule has 0 aliphatic rings. The Morgan fingerprint density at radius 1 is 1.00 bits per heavy atom. The summed E-state index contributed by atoms with van der Waals surface area (Å²) in [5.41, 5.74) is 11.1. The summed E-state index contributed by atoms with van der Waals surface area (Å²) in [7, 11) is 0. The van der Waals surface area contributed by atoms with Crippen LogP contribution >= 0.6 is 0 Å². The van der Waals surface area contributed by atoms with Gasteiger partial charge in [0, 0.05) is 17.8 Å². The van der Waals surface area contributed by atoms with E-state index in [-0.39, 0.29) is 5.69 Å². The van der Waals surface area contributed by atoms with E-state index in [0.29, 0.717) is 17.9 Å². The predicted octanol–water partition coefficient (Wildman–Crippen LogP) is 3.57. The largest absolute Gasteiger partial charge is 0.382 e. The van der Waals surface area contributed by atoms with Crippen LogP contribution in [-0.2, 0) is 6.54 Å². The fourth-order valence-electron chi connectivity index (χ4n) is 3.61. The summed E-state index contributed by atoms with van der Waals surface area (Å²) >= 11 is 0. The van der Waals surface area contributed by atoms with E-state index in [1.54, 1.807) is 10.8 Å². The van der Waals surface area contributed by atoms with Crippen LogP contribution in [-0.4, -0.2) is 19.5 Å². The lowest BCUT2D eigenvalue weighted by Gasteiger charge is -2.09. The first-order valence-electron chi connectivity index (χ1n) is 8.97. The molecule has 3 heterocycles. The lowest BCUT2D eigenvalue weighted by molar-refractivity contribution is 0.789. The molecule has 0 saturated heterocycles. The van der Waals surface area contributed by atoms with E-state index in [4.69, 9.17) is 5.73 Å². The molecule has 136 valence electrons. The van der Waals surface area contributed by atoms with Gasteiger partial charge in [-0.1, -0.05) is 42.5 Å². The Balaban J connectivity index is 1.67. The summed E-state index contributed by atoms with van der Waals surface area (Å²) in [5, 5.41) is 0.897. The van der Waals surface area contributed by atoms with Crippen molar-refractivity contribution >= 4 is 27.8 Å².